The van der Waals surface area contributed by atoms with Crippen molar-refractivity contribution in [3.8, 4) is 0 Å². The topological polar surface area (TPSA) is 17.1 Å². The molecule has 23 heavy (non-hydrogen) atoms. The van der Waals surface area contributed by atoms with Crippen LogP contribution in [0.1, 0.15) is 41.1 Å². The van der Waals surface area contributed by atoms with Gasteiger partial charge >= 0.3 is 0 Å². The van der Waals surface area contributed by atoms with Crippen LogP contribution in [0.2, 0.25) is 0 Å². The number of Topliss-reactive ketones (excluding diaryl/α,β-unsaturated/α-hetero) is 1. The van der Waals surface area contributed by atoms with Crippen molar-refractivity contribution in [2.24, 2.45) is 5.92 Å². The van der Waals surface area contributed by atoms with Crippen LogP contribution in [0.5, 0.6) is 0 Å². The standard InChI is InChI=1S/C22H22O/c23-22(20-13-5-2-6-14-20)17-21(19-11-3-1-4-12-19)16-15-18-9-7-8-10-18/h1-14,18,21H,15-17H2. The Hall–Kier alpha value is -2.41. The van der Waals surface area contributed by atoms with Crippen molar-refractivity contribution >= 4 is 5.78 Å². The lowest BCUT2D eigenvalue weighted by molar-refractivity contribution is 0.0971. The van der Waals surface area contributed by atoms with Crippen molar-refractivity contribution in [1.82, 2.24) is 0 Å². The Morgan fingerprint density at radius 3 is 2.13 bits per heavy atom. The van der Waals surface area contributed by atoms with Gasteiger partial charge in [0.05, 0.1) is 0 Å². The molecule has 2 aromatic carbocycles. The fraction of sp³-hybridized carbons (Fsp3) is 0.227. The summed E-state index contributed by atoms with van der Waals surface area (Å²) in [5.41, 5.74) is 2.08. The molecule has 2 aromatic rings. The van der Waals surface area contributed by atoms with Gasteiger partial charge in [-0.3, -0.25) is 4.79 Å². The van der Waals surface area contributed by atoms with Gasteiger partial charge in [-0.2, -0.15) is 0 Å². The molecule has 0 radical (unpaired) electrons. The highest BCUT2D eigenvalue weighted by atomic mass is 16.1. The zero-order valence-corrected chi connectivity index (χ0v) is 13.3. The van der Waals surface area contributed by atoms with Gasteiger partial charge in [-0.1, -0.05) is 85.0 Å². The first-order valence-electron chi connectivity index (χ1n) is 8.31. The van der Waals surface area contributed by atoms with Gasteiger partial charge in [0, 0.05) is 12.0 Å². The minimum Gasteiger partial charge on any atom is -0.294 e. The maximum Gasteiger partial charge on any atom is 0.163 e. The smallest absolute Gasteiger partial charge is 0.163 e. The third-order valence-electron chi connectivity index (χ3n) is 4.47. The molecule has 0 aliphatic heterocycles. The number of ketones is 1. The van der Waals surface area contributed by atoms with Gasteiger partial charge in [-0.05, 0) is 30.2 Å². The average Bonchev–Trinajstić information content (AvgIpc) is 3.13. The lowest BCUT2D eigenvalue weighted by Gasteiger charge is -2.18. The Morgan fingerprint density at radius 2 is 1.48 bits per heavy atom. The number of benzene rings is 2. The molecule has 0 saturated carbocycles. The molecule has 0 spiro atoms. The average molecular weight is 302 g/mol. The van der Waals surface area contributed by atoms with Crippen LogP contribution in [-0.4, -0.2) is 5.78 Å². The van der Waals surface area contributed by atoms with Crippen molar-refractivity contribution < 1.29 is 4.79 Å². The summed E-state index contributed by atoms with van der Waals surface area (Å²) in [6, 6.07) is 20.1. The molecule has 0 N–H and O–H groups in total. The van der Waals surface area contributed by atoms with Crippen LogP contribution in [0.4, 0.5) is 0 Å². The van der Waals surface area contributed by atoms with Gasteiger partial charge in [0.25, 0.3) is 0 Å². The van der Waals surface area contributed by atoms with Gasteiger partial charge < -0.3 is 0 Å². The summed E-state index contributed by atoms with van der Waals surface area (Å²) in [5, 5.41) is 0. The Labute approximate surface area is 138 Å². The first kappa shape index (κ1) is 15.5. The number of hydrogen-bond acceptors (Lipinski definition) is 1. The summed E-state index contributed by atoms with van der Waals surface area (Å²) in [6.45, 7) is 0. The van der Waals surface area contributed by atoms with Crippen molar-refractivity contribution in [2.45, 2.75) is 25.2 Å². The van der Waals surface area contributed by atoms with E-state index in [2.05, 4.69) is 48.6 Å². The van der Waals surface area contributed by atoms with Gasteiger partial charge in [0.15, 0.2) is 5.78 Å². The summed E-state index contributed by atoms with van der Waals surface area (Å²) < 4.78 is 0. The van der Waals surface area contributed by atoms with Crippen molar-refractivity contribution in [1.29, 1.82) is 0 Å². The van der Waals surface area contributed by atoms with Gasteiger partial charge in [0.1, 0.15) is 0 Å². The molecular weight excluding hydrogens is 280 g/mol. The van der Waals surface area contributed by atoms with E-state index in [1.54, 1.807) is 0 Å². The second-order valence-electron chi connectivity index (χ2n) is 6.11. The summed E-state index contributed by atoms with van der Waals surface area (Å²) in [7, 11) is 0. The van der Waals surface area contributed by atoms with E-state index >= 15 is 0 Å². The third-order valence-corrected chi connectivity index (χ3v) is 4.47. The van der Waals surface area contributed by atoms with Crippen molar-refractivity contribution in [2.75, 3.05) is 0 Å². The van der Waals surface area contributed by atoms with E-state index < -0.39 is 0 Å². The normalized spacial score (nSPS) is 15.0. The summed E-state index contributed by atoms with van der Waals surface area (Å²) >= 11 is 0. The molecule has 0 saturated heterocycles. The highest BCUT2D eigenvalue weighted by Crippen LogP contribution is 2.29. The summed E-state index contributed by atoms with van der Waals surface area (Å²) in [4.78, 5) is 12.6. The molecule has 0 heterocycles. The Morgan fingerprint density at radius 1 is 0.870 bits per heavy atom. The molecule has 0 amide bonds. The largest absolute Gasteiger partial charge is 0.294 e. The fourth-order valence-electron chi connectivity index (χ4n) is 3.14. The first-order chi connectivity index (χ1) is 11.3. The third kappa shape index (κ3) is 4.29. The van der Waals surface area contributed by atoms with E-state index in [1.807, 2.05) is 36.4 Å². The SMILES string of the molecule is O=C(CC(CCC1C=CC=C1)c1ccccc1)c1ccccc1. The predicted octanol–water partition coefficient (Wildman–Crippen LogP) is 5.57. The molecule has 1 aliphatic carbocycles. The fourth-order valence-corrected chi connectivity index (χ4v) is 3.14. The Balaban J connectivity index is 1.71. The van der Waals surface area contributed by atoms with E-state index in [9.17, 15) is 4.79 Å². The monoisotopic (exact) mass is 302 g/mol. The number of hydrogen-bond donors (Lipinski definition) is 0. The van der Waals surface area contributed by atoms with Crippen LogP contribution in [-0.2, 0) is 0 Å². The van der Waals surface area contributed by atoms with E-state index in [4.69, 9.17) is 0 Å². The molecule has 0 bridgehead atoms. The van der Waals surface area contributed by atoms with Gasteiger partial charge in [-0.15, -0.1) is 0 Å². The van der Waals surface area contributed by atoms with Crippen LogP contribution in [0.25, 0.3) is 0 Å². The lowest BCUT2D eigenvalue weighted by atomic mass is 9.86. The van der Waals surface area contributed by atoms with Crippen LogP contribution in [0, 0.1) is 5.92 Å². The molecule has 3 rings (SSSR count). The van der Waals surface area contributed by atoms with E-state index in [0.29, 0.717) is 12.3 Å². The predicted molar refractivity (Wildman–Crippen MR) is 95.6 cm³/mol. The van der Waals surface area contributed by atoms with Gasteiger partial charge in [0.2, 0.25) is 0 Å². The Kier molecular flexibility index (Phi) is 5.21. The van der Waals surface area contributed by atoms with Crippen molar-refractivity contribution in [3.63, 3.8) is 0 Å². The highest BCUT2D eigenvalue weighted by molar-refractivity contribution is 5.96. The maximum absolute atomic E-state index is 12.6. The maximum atomic E-state index is 12.6. The second-order valence-corrected chi connectivity index (χ2v) is 6.11. The molecule has 0 fully saturated rings. The second kappa shape index (κ2) is 7.73. The van der Waals surface area contributed by atoms with Crippen LogP contribution in [0.3, 0.4) is 0 Å². The number of carbonyl (C=O) groups is 1. The minimum absolute atomic E-state index is 0.233. The zero-order valence-electron chi connectivity index (χ0n) is 13.3. The molecule has 1 aliphatic rings. The quantitative estimate of drug-likeness (QED) is 0.611. The van der Waals surface area contributed by atoms with Crippen LogP contribution < -0.4 is 0 Å². The molecule has 116 valence electrons. The first-order valence-corrected chi connectivity index (χ1v) is 8.31. The molecular formula is C22H22O. The van der Waals surface area contributed by atoms with Crippen LogP contribution in [0.15, 0.2) is 85.0 Å². The highest BCUT2D eigenvalue weighted by Gasteiger charge is 2.18. The molecule has 1 atom stereocenters. The number of rotatable bonds is 7. The molecule has 1 nitrogen and oxygen atoms in total. The van der Waals surface area contributed by atoms with E-state index in [0.717, 1.165) is 18.4 Å². The summed E-state index contributed by atoms with van der Waals surface area (Å²) in [6.07, 6.45) is 11.4. The number of carbonyl (C=O) groups excluding carboxylic acids is 1. The van der Waals surface area contributed by atoms with E-state index in [-0.39, 0.29) is 11.7 Å². The van der Waals surface area contributed by atoms with Gasteiger partial charge in [-0.25, -0.2) is 0 Å². The molecule has 1 unspecified atom stereocenters. The zero-order chi connectivity index (χ0) is 15.9. The minimum atomic E-state index is 0.233. The summed E-state index contributed by atoms with van der Waals surface area (Å²) in [5.74, 6) is 1.04. The van der Waals surface area contributed by atoms with E-state index in [1.165, 1.54) is 5.56 Å². The molecule has 0 aromatic heterocycles. The lowest BCUT2D eigenvalue weighted by Crippen LogP contribution is -2.09. The Bertz CT molecular complexity index is 670. The number of allylic oxidation sites excluding steroid dienone is 4. The van der Waals surface area contributed by atoms with Crippen molar-refractivity contribution in [3.05, 3.63) is 96.1 Å². The molecule has 1 heteroatoms. The van der Waals surface area contributed by atoms with Crippen LogP contribution >= 0.6 is 0 Å².